The van der Waals surface area contributed by atoms with Crippen LogP contribution in [0.15, 0.2) is 43.2 Å². The number of nitrogens with zero attached hydrogens (tertiary/aromatic N) is 7. The summed E-state index contributed by atoms with van der Waals surface area (Å²) in [5.41, 5.74) is 2.89. The molecule has 0 spiro atoms. The van der Waals surface area contributed by atoms with Gasteiger partial charge >= 0.3 is 0 Å². The maximum atomic E-state index is 14.5. The zero-order valence-electron chi connectivity index (χ0n) is 20.8. The lowest BCUT2D eigenvalue weighted by molar-refractivity contribution is -0.117. The molecule has 38 heavy (non-hydrogen) atoms. The molecule has 7 rings (SSSR count). The standard InChI is InChI=1S/C27H27FN8O2/c1-14-4-5-29-25(24(14)28)18-7-19(18)26(38)34-22-8-23(32-13-31-22)36-11-17(37)6-21(36)20-12-35-10-16(15-2-3-15)9-30-27(35)33-20/h4-5,8-10,12-13,15,17-19,21,37H,2-3,6-7,11H2,1H3,(H,31,32,34,38)/t17-,18-,19-,21+/m0/s1. The molecule has 0 aromatic carbocycles. The van der Waals surface area contributed by atoms with E-state index in [0.29, 0.717) is 54.0 Å². The van der Waals surface area contributed by atoms with Gasteiger partial charge in [-0.05, 0) is 49.3 Å². The van der Waals surface area contributed by atoms with Crippen LogP contribution in [-0.4, -0.2) is 53.0 Å². The summed E-state index contributed by atoms with van der Waals surface area (Å²) >= 11 is 0. The smallest absolute Gasteiger partial charge is 0.234 e. The molecule has 2 aliphatic carbocycles. The minimum atomic E-state index is -0.545. The van der Waals surface area contributed by atoms with Crippen molar-refractivity contribution < 1.29 is 14.3 Å². The van der Waals surface area contributed by atoms with E-state index in [2.05, 4.69) is 31.4 Å². The number of imidazole rings is 1. The Morgan fingerprint density at radius 2 is 2.03 bits per heavy atom. The molecule has 1 aliphatic heterocycles. The van der Waals surface area contributed by atoms with Gasteiger partial charge in [0, 0.05) is 55.7 Å². The largest absolute Gasteiger partial charge is 0.391 e. The van der Waals surface area contributed by atoms with Crippen LogP contribution in [0.5, 0.6) is 0 Å². The van der Waals surface area contributed by atoms with Gasteiger partial charge in [0.15, 0.2) is 0 Å². The van der Waals surface area contributed by atoms with Gasteiger partial charge in [0.05, 0.1) is 23.5 Å². The van der Waals surface area contributed by atoms with E-state index in [1.807, 2.05) is 21.7 Å². The van der Waals surface area contributed by atoms with E-state index in [1.165, 1.54) is 24.7 Å². The number of β-amino-alcohol motifs (C(OH)–C–C–N with tert-alkyl or cyclic N) is 1. The summed E-state index contributed by atoms with van der Waals surface area (Å²) < 4.78 is 16.4. The van der Waals surface area contributed by atoms with E-state index in [1.54, 1.807) is 25.3 Å². The van der Waals surface area contributed by atoms with Gasteiger partial charge in [0.25, 0.3) is 0 Å². The first-order chi connectivity index (χ1) is 18.4. The van der Waals surface area contributed by atoms with E-state index in [-0.39, 0.29) is 29.6 Å². The number of pyridine rings is 1. The summed E-state index contributed by atoms with van der Waals surface area (Å²) in [4.78, 5) is 37.0. The molecule has 2 N–H and O–H groups in total. The van der Waals surface area contributed by atoms with E-state index in [9.17, 15) is 14.3 Å². The van der Waals surface area contributed by atoms with Crippen molar-refractivity contribution >= 4 is 23.3 Å². The summed E-state index contributed by atoms with van der Waals surface area (Å²) in [6, 6.07) is 3.12. The monoisotopic (exact) mass is 514 g/mol. The first-order valence-electron chi connectivity index (χ1n) is 13.0. The predicted molar refractivity (Wildman–Crippen MR) is 136 cm³/mol. The molecule has 0 radical (unpaired) electrons. The molecule has 4 atom stereocenters. The Labute approximate surface area is 218 Å². The SMILES string of the molecule is Cc1ccnc([C@H]2C[C@@H]2C(=O)Nc2cc(N3C[C@@H](O)C[C@@H]3c3cn4cc(C5CC5)cnc4n3)ncn2)c1F. The van der Waals surface area contributed by atoms with Crippen molar-refractivity contribution in [3.8, 4) is 0 Å². The van der Waals surface area contributed by atoms with Crippen molar-refractivity contribution in [1.29, 1.82) is 0 Å². The fourth-order valence-corrected chi connectivity index (χ4v) is 5.45. The highest BCUT2D eigenvalue weighted by Gasteiger charge is 2.46. The number of carbonyl (C=O) groups is 1. The first kappa shape index (κ1) is 23.2. The van der Waals surface area contributed by atoms with E-state index < -0.39 is 6.10 Å². The van der Waals surface area contributed by atoms with Crippen LogP contribution < -0.4 is 10.2 Å². The number of hydrogen-bond acceptors (Lipinski definition) is 8. The summed E-state index contributed by atoms with van der Waals surface area (Å²) in [7, 11) is 0. The summed E-state index contributed by atoms with van der Waals surface area (Å²) in [5, 5.41) is 13.4. The summed E-state index contributed by atoms with van der Waals surface area (Å²) in [6.07, 6.45) is 11.8. The Bertz CT molecular complexity index is 1550. The molecule has 3 fully saturated rings. The molecule has 194 valence electrons. The van der Waals surface area contributed by atoms with Crippen LogP contribution in [0.3, 0.4) is 0 Å². The second-order valence-corrected chi connectivity index (χ2v) is 10.6. The van der Waals surface area contributed by atoms with Crippen LogP contribution in [-0.2, 0) is 4.79 Å². The number of aliphatic hydroxyl groups is 1. The van der Waals surface area contributed by atoms with Crippen LogP contribution in [0, 0.1) is 18.7 Å². The molecule has 0 unspecified atom stereocenters. The van der Waals surface area contributed by atoms with Crippen LogP contribution >= 0.6 is 0 Å². The van der Waals surface area contributed by atoms with Gasteiger partial charge in [-0.25, -0.2) is 24.3 Å². The molecule has 5 heterocycles. The number of rotatable bonds is 6. The van der Waals surface area contributed by atoms with Crippen LogP contribution in [0.2, 0.25) is 0 Å². The van der Waals surface area contributed by atoms with Crippen molar-refractivity contribution in [3.05, 3.63) is 71.6 Å². The molecule has 3 aliphatic rings. The average Bonchev–Trinajstić information content (AvgIpc) is 3.83. The molecule has 1 saturated heterocycles. The summed E-state index contributed by atoms with van der Waals surface area (Å²) in [6.45, 7) is 2.07. The number of aryl methyl sites for hydroxylation is 1. The Balaban J connectivity index is 1.09. The fourth-order valence-electron chi connectivity index (χ4n) is 5.45. The normalized spacial score (nSPS) is 24.7. The number of aromatic nitrogens is 6. The highest BCUT2D eigenvalue weighted by molar-refractivity contribution is 5.94. The predicted octanol–water partition coefficient (Wildman–Crippen LogP) is 3.29. The minimum absolute atomic E-state index is 0.197. The molecular formula is C27H27FN8O2. The Morgan fingerprint density at radius 3 is 2.87 bits per heavy atom. The highest BCUT2D eigenvalue weighted by atomic mass is 19.1. The fraction of sp³-hybridized carbons (Fsp3) is 0.407. The Kier molecular flexibility index (Phi) is 5.36. The number of aliphatic hydroxyl groups excluding tert-OH is 1. The molecule has 0 bridgehead atoms. The number of amides is 1. The molecule has 4 aromatic heterocycles. The lowest BCUT2D eigenvalue weighted by Crippen LogP contribution is -2.26. The second-order valence-electron chi connectivity index (χ2n) is 10.6. The van der Waals surface area contributed by atoms with E-state index >= 15 is 0 Å². The van der Waals surface area contributed by atoms with Gasteiger partial charge < -0.3 is 15.3 Å². The molecule has 2 saturated carbocycles. The third-order valence-corrected chi connectivity index (χ3v) is 7.80. The van der Waals surface area contributed by atoms with Crippen molar-refractivity contribution in [2.45, 2.75) is 56.6 Å². The molecule has 11 heteroatoms. The number of carbonyl (C=O) groups excluding carboxylic acids is 1. The van der Waals surface area contributed by atoms with Crippen LogP contribution in [0.1, 0.15) is 66.1 Å². The van der Waals surface area contributed by atoms with Gasteiger partial charge in [-0.3, -0.25) is 14.2 Å². The van der Waals surface area contributed by atoms with Gasteiger partial charge in [-0.1, -0.05) is 0 Å². The van der Waals surface area contributed by atoms with Gasteiger partial charge in [0.1, 0.15) is 23.8 Å². The van der Waals surface area contributed by atoms with Gasteiger partial charge in [-0.2, -0.15) is 0 Å². The molecule has 1 amide bonds. The van der Waals surface area contributed by atoms with Gasteiger partial charge in [0.2, 0.25) is 11.7 Å². The summed E-state index contributed by atoms with van der Waals surface area (Å²) in [5.74, 6) is 0.992. The zero-order valence-corrected chi connectivity index (χ0v) is 20.8. The topological polar surface area (TPSA) is 121 Å². The molecule has 10 nitrogen and oxygen atoms in total. The zero-order chi connectivity index (χ0) is 26.0. The van der Waals surface area contributed by atoms with Crippen molar-refractivity contribution in [2.24, 2.45) is 5.92 Å². The number of anilines is 2. The number of nitrogens with one attached hydrogen (secondary N) is 1. The average molecular weight is 515 g/mol. The first-order valence-corrected chi connectivity index (χ1v) is 13.0. The van der Waals surface area contributed by atoms with Crippen molar-refractivity contribution in [1.82, 2.24) is 29.3 Å². The molecule has 4 aromatic rings. The third kappa shape index (κ3) is 4.16. The molecular weight excluding hydrogens is 487 g/mol. The van der Waals surface area contributed by atoms with Crippen LogP contribution in [0.4, 0.5) is 16.0 Å². The van der Waals surface area contributed by atoms with Crippen molar-refractivity contribution in [2.75, 3.05) is 16.8 Å². The maximum Gasteiger partial charge on any atom is 0.234 e. The second kappa shape index (κ2) is 8.80. The lowest BCUT2D eigenvalue weighted by atomic mass is 10.1. The van der Waals surface area contributed by atoms with Crippen molar-refractivity contribution in [3.63, 3.8) is 0 Å². The van der Waals surface area contributed by atoms with E-state index in [0.717, 1.165) is 5.69 Å². The Morgan fingerprint density at radius 1 is 1.16 bits per heavy atom. The quantitative estimate of drug-likeness (QED) is 0.402. The maximum absolute atomic E-state index is 14.5. The number of hydrogen-bond donors (Lipinski definition) is 2. The van der Waals surface area contributed by atoms with Gasteiger partial charge in [-0.15, -0.1) is 0 Å². The van der Waals surface area contributed by atoms with E-state index in [4.69, 9.17) is 4.98 Å². The number of halogens is 1. The highest BCUT2D eigenvalue weighted by Crippen LogP contribution is 2.48. The lowest BCUT2D eigenvalue weighted by Gasteiger charge is -2.24. The third-order valence-electron chi connectivity index (χ3n) is 7.80. The minimum Gasteiger partial charge on any atom is -0.391 e. The van der Waals surface area contributed by atoms with Crippen LogP contribution in [0.25, 0.3) is 5.78 Å². The Hall–Kier alpha value is -3.99. The number of fused-ring (bicyclic) bond motifs is 1.